The molecule has 2 heterocycles. The number of fused-ring (bicyclic) bond motifs is 1. The third-order valence-electron chi connectivity index (χ3n) is 7.85. The molecule has 2 fully saturated rings. The summed E-state index contributed by atoms with van der Waals surface area (Å²) in [5.41, 5.74) is 0.641. The van der Waals surface area contributed by atoms with Crippen LogP contribution in [0.15, 0.2) is 24.3 Å². The molecular formula is C33H51N5O9S. The number of aldehydes is 1. The molecule has 14 nitrogen and oxygen atoms in total. The fraction of sp³-hybridized carbons (Fsp3) is 0.667. The second-order valence-corrected chi connectivity index (χ2v) is 13.2. The fourth-order valence-electron chi connectivity index (χ4n) is 5.12. The van der Waals surface area contributed by atoms with Crippen LogP contribution in [-0.2, 0) is 28.5 Å². The van der Waals surface area contributed by atoms with Gasteiger partial charge in [0.1, 0.15) is 6.29 Å². The van der Waals surface area contributed by atoms with Gasteiger partial charge in [-0.3, -0.25) is 14.4 Å². The van der Waals surface area contributed by atoms with E-state index in [4.69, 9.17) is 18.9 Å². The third-order valence-corrected chi connectivity index (χ3v) is 9.36. The molecule has 1 aromatic rings. The zero-order valence-electron chi connectivity index (χ0n) is 28.0. The minimum absolute atomic E-state index is 0.0231. The minimum Gasteiger partial charge on any atom is -0.377 e. The average molecular weight is 694 g/mol. The Morgan fingerprint density at radius 1 is 0.875 bits per heavy atom. The van der Waals surface area contributed by atoms with Gasteiger partial charge < -0.3 is 50.3 Å². The highest BCUT2D eigenvalue weighted by atomic mass is 32.2. The van der Waals surface area contributed by atoms with Crippen molar-refractivity contribution in [2.24, 2.45) is 5.92 Å². The van der Waals surface area contributed by atoms with E-state index in [1.807, 2.05) is 25.6 Å². The van der Waals surface area contributed by atoms with E-state index in [0.717, 1.165) is 25.0 Å². The van der Waals surface area contributed by atoms with Gasteiger partial charge in [-0.25, -0.2) is 4.79 Å². The summed E-state index contributed by atoms with van der Waals surface area (Å²) in [5, 5.41) is 14.7. The van der Waals surface area contributed by atoms with Crippen LogP contribution in [0.3, 0.4) is 0 Å². The second kappa shape index (κ2) is 22.4. The number of hydrogen-bond donors (Lipinski definition) is 5. The molecule has 2 saturated heterocycles. The molecule has 0 saturated carbocycles. The lowest BCUT2D eigenvalue weighted by atomic mass is 10.0. The van der Waals surface area contributed by atoms with Gasteiger partial charge in [0.15, 0.2) is 0 Å². The van der Waals surface area contributed by atoms with Crippen molar-refractivity contribution >= 4 is 41.8 Å². The molecule has 1 aromatic carbocycles. The van der Waals surface area contributed by atoms with Crippen LogP contribution in [0, 0.1) is 5.92 Å². The van der Waals surface area contributed by atoms with Crippen molar-refractivity contribution in [1.29, 1.82) is 0 Å². The number of unbranched alkanes of at least 4 members (excludes halogenated alkanes) is 1. The van der Waals surface area contributed by atoms with Crippen LogP contribution < -0.4 is 26.6 Å². The van der Waals surface area contributed by atoms with Crippen molar-refractivity contribution in [2.45, 2.75) is 62.9 Å². The van der Waals surface area contributed by atoms with Crippen molar-refractivity contribution < 1.29 is 42.9 Å². The molecule has 2 aliphatic heterocycles. The number of hydrogen-bond acceptors (Lipinski definition) is 10. The number of amides is 5. The largest absolute Gasteiger partial charge is 0.377 e. The van der Waals surface area contributed by atoms with E-state index in [2.05, 4.69) is 26.6 Å². The molecule has 0 aliphatic carbocycles. The summed E-state index contributed by atoms with van der Waals surface area (Å²) in [7, 11) is 0. The zero-order chi connectivity index (χ0) is 34.6. The van der Waals surface area contributed by atoms with Crippen LogP contribution in [0.5, 0.6) is 0 Å². The first-order valence-corrected chi connectivity index (χ1v) is 17.7. The Hall–Kier alpha value is -3.24. The normalized spacial score (nSPS) is 18.9. The van der Waals surface area contributed by atoms with Crippen LogP contribution in [0.4, 0.5) is 4.79 Å². The first kappa shape index (κ1) is 39.2. The lowest BCUT2D eigenvalue weighted by molar-refractivity contribution is -0.121. The van der Waals surface area contributed by atoms with Gasteiger partial charge in [-0.2, -0.15) is 11.8 Å². The molecule has 0 bridgehead atoms. The fourth-order valence-corrected chi connectivity index (χ4v) is 6.66. The summed E-state index contributed by atoms with van der Waals surface area (Å²) in [4.78, 5) is 59.5. The maximum absolute atomic E-state index is 12.4. The van der Waals surface area contributed by atoms with Gasteiger partial charge >= 0.3 is 6.03 Å². The monoisotopic (exact) mass is 693 g/mol. The maximum Gasteiger partial charge on any atom is 0.315 e. The number of thioether (sulfide) groups is 1. The number of benzene rings is 1. The topological polar surface area (TPSA) is 182 Å². The van der Waals surface area contributed by atoms with E-state index < -0.39 is 11.9 Å². The molecular weight excluding hydrogens is 642 g/mol. The summed E-state index contributed by atoms with van der Waals surface area (Å²) >= 11 is 1.89. The number of ether oxygens (including phenoxy) is 4. The van der Waals surface area contributed by atoms with Gasteiger partial charge in [0.2, 0.25) is 5.91 Å². The Balaban J connectivity index is 1.06. The Morgan fingerprint density at radius 3 is 2.10 bits per heavy atom. The quantitative estimate of drug-likeness (QED) is 0.0569. The number of carbonyl (C=O) groups is 5. The van der Waals surface area contributed by atoms with Gasteiger partial charge in [-0.1, -0.05) is 26.3 Å². The van der Waals surface area contributed by atoms with Crippen molar-refractivity contribution in [3.05, 3.63) is 35.4 Å². The van der Waals surface area contributed by atoms with Crippen LogP contribution in [0.2, 0.25) is 0 Å². The molecule has 48 heavy (non-hydrogen) atoms. The molecule has 5 N–H and O–H groups in total. The zero-order valence-corrected chi connectivity index (χ0v) is 28.8. The number of nitrogens with one attached hydrogen (secondary N) is 5. The van der Waals surface area contributed by atoms with E-state index in [9.17, 15) is 24.0 Å². The predicted molar refractivity (Wildman–Crippen MR) is 181 cm³/mol. The highest BCUT2D eigenvalue weighted by molar-refractivity contribution is 8.00. The van der Waals surface area contributed by atoms with Crippen molar-refractivity contribution in [2.75, 3.05) is 71.7 Å². The van der Waals surface area contributed by atoms with Crippen molar-refractivity contribution in [1.82, 2.24) is 26.6 Å². The number of carbonyl (C=O) groups excluding carboxylic acids is 5. The Morgan fingerprint density at radius 2 is 1.48 bits per heavy atom. The molecule has 268 valence electrons. The van der Waals surface area contributed by atoms with Gasteiger partial charge in [-0.15, -0.1) is 0 Å². The highest BCUT2D eigenvalue weighted by Crippen LogP contribution is 2.33. The average Bonchev–Trinajstić information content (AvgIpc) is 3.63. The lowest BCUT2D eigenvalue weighted by Gasteiger charge is -2.16. The maximum atomic E-state index is 12.4. The first-order valence-electron chi connectivity index (χ1n) is 16.7. The molecule has 15 heteroatoms. The van der Waals surface area contributed by atoms with Gasteiger partial charge in [0, 0.05) is 41.6 Å². The van der Waals surface area contributed by atoms with Gasteiger partial charge in [0.05, 0.1) is 71.0 Å². The summed E-state index contributed by atoms with van der Waals surface area (Å²) in [6, 6.07) is 6.09. The Labute approximate surface area is 286 Å². The molecule has 4 atom stereocenters. The second-order valence-electron chi connectivity index (χ2n) is 11.9. The molecule has 0 spiro atoms. The highest BCUT2D eigenvalue weighted by Gasteiger charge is 2.42. The van der Waals surface area contributed by atoms with E-state index in [-0.39, 0.29) is 35.8 Å². The lowest BCUT2D eigenvalue weighted by Crippen LogP contribution is -2.39. The minimum atomic E-state index is -0.595. The molecule has 0 radical (unpaired) electrons. The first-order chi connectivity index (χ1) is 23.3. The van der Waals surface area contributed by atoms with Crippen molar-refractivity contribution in [3.8, 4) is 0 Å². The van der Waals surface area contributed by atoms with Gasteiger partial charge in [0.25, 0.3) is 11.8 Å². The summed E-state index contributed by atoms with van der Waals surface area (Å²) in [6.07, 6.45) is 3.98. The van der Waals surface area contributed by atoms with Gasteiger partial charge in [-0.05, 0) is 37.0 Å². The van der Waals surface area contributed by atoms with Crippen LogP contribution in [-0.4, -0.2) is 125 Å². The SMILES string of the molecule is CC(C)C(C=O)NC(=O)c1cccc(C(=O)NCCOCCOCCOCCOCCNC(=O)CCCC[C@@H]2SC[C@@H]3NC(=O)NC32)c1. The predicted octanol–water partition coefficient (Wildman–Crippen LogP) is 1.28. The third kappa shape index (κ3) is 14.5. The molecule has 0 aromatic heterocycles. The Bertz CT molecular complexity index is 1170. The smallest absolute Gasteiger partial charge is 0.315 e. The molecule has 2 aliphatic rings. The van der Waals surface area contributed by atoms with Crippen molar-refractivity contribution in [3.63, 3.8) is 0 Å². The molecule has 2 unspecified atom stereocenters. The number of urea groups is 1. The van der Waals surface area contributed by atoms with Crippen LogP contribution >= 0.6 is 11.8 Å². The van der Waals surface area contributed by atoms with E-state index in [1.165, 1.54) is 6.07 Å². The molecule has 5 amide bonds. The van der Waals surface area contributed by atoms with E-state index >= 15 is 0 Å². The molecule has 3 rings (SSSR count). The summed E-state index contributed by atoms with van der Waals surface area (Å²) in [5.74, 6) is 0.192. The van der Waals surface area contributed by atoms with Crippen LogP contribution in [0.25, 0.3) is 0 Å². The summed E-state index contributed by atoms with van der Waals surface area (Å²) in [6.45, 7) is 7.59. The van der Waals surface area contributed by atoms with E-state index in [1.54, 1.807) is 18.2 Å². The standard InChI is InChI=1S/C33H51N5O9S/c1-23(2)26(21-39)36-32(42)25-7-5-6-24(20-25)31(41)35-11-13-45-15-17-47-19-18-46-16-14-44-12-10-34-29(40)9-4-3-8-28-30-27(22-48-28)37-33(43)38-30/h5-7,20-21,23,26-28,30H,3-4,8-19,22H2,1-2H3,(H,34,40)(H,35,41)(H,36,42)(H2,37,38,43)/t26?,27-,28-,30?/m0/s1. The number of rotatable bonds is 25. The van der Waals surface area contributed by atoms with Crippen LogP contribution in [0.1, 0.15) is 60.2 Å². The summed E-state index contributed by atoms with van der Waals surface area (Å²) < 4.78 is 21.9. The Kier molecular flexibility index (Phi) is 18.3. The van der Waals surface area contributed by atoms with E-state index in [0.29, 0.717) is 95.0 Å².